The highest BCUT2D eigenvalue weighted by atomic mass is 16.5. The number of para-hydroxylation sites is 1. The second-order valence-corrected chi connectivity index (χ2v) is 9.12. The van der Waals surface area contributed by atoms with E-state index < -0.39 is 0 Å². The van der Waals surface area contributed by atoms with Crippen LogP contribution in [0.2, 0.25) is 0 Å². The Morgan fingerprint density at radius 1 is 1.03 bits per heavy atom. The fourth-order valence-corrected chi connectivity index (χ4v) is 5.02. The van der Waals surface area contributed by atoms with Gasteiger partial charge in [-0.3, -0.25) is 4.79 Å². The van der Waals surface area contributed by atoms with Gasteiger partial charge in [-0.2, -0.15) is 0 Å². The standard InChI is InChI=1S/C27H36N2O3/c1-31-25-8-4-3-7-24(25)23-11-9-22(10-12-23)21-27(13-19-32-20-14-27)26(30)28-15-18-29-16-5-2-6-17-29/h3-4,7-12H,2,5-6,13-21H2,1H3,(H,28,30). The SMILES string of the molecule is COc1ccccc1-c1ccc(CC2(C(=O)NCCN3CCCCC3)CCOCC2)cc1. The number of carbonyl (C=O) groups is 1. The highest BCUT2D eigenvalue weighted by Crippen LogP contribution is 2.36. The van der Waals surface area contributed by atoms with Crippen LogP contribution in [-0.4, -0.2) is 57.3 Å². The summed E-state index contributed by atoms with van der Waals surface area (Å²) in [6, 6.07) is 16.6. The number of benzene rings is 2. The zero-order valence-electron chi connectivity index (χ0n) is 19.3. The molecule has 2 saturated heterocycles. The molecule has 0 aromatic heterocycles. The van der Waals surface area contributed by atoms with Crippen molar-refractivity contribution in [3.05, 3.63) is 54.1 Å². The monoisotopic (exact) mass is 436 g/mol. The molecule has 2 heterocycles. The number of hydrogen-bond donors (Lipinski definition) is 1. The molecule has 2 aromatic rings. The Kier molecular flexibility index (Phi) is 7.82. The maximum Gasteiger partial charge on any atom is 0.226 e. The number of rotatable bonds is 8. The average molecular weight is 437 g/mol. The third kappa shape index (κ3) is 5.51. The fraction of sp³-hybridized carbons (Fsp3) is 0.519. The van der Waals surface area contributed by atoms with Crippen LogP contribution < -0.4 is 10.1 Å². The van der Waals surface area contributed by atoms with Crippen LogP contribution in [0.5, 0.6) is 5.75 Å². The first kappa shape index (κ1) is 22.8. The predicted molar refractivity (Wildman–Crippen MR) is 128 cm³/mol. The van der Waals surface area contributed by atoms with Gasteiger partial charge in [0, 0.05) is 31.9 Å². The van der Waals surface area contributed by atoms with Crippen molar-refractivity contribution in [2.45, 2.75) is 38.5 Å². The molecule has 2 aromatic carbocycles. The minimum absolute atomic E-state index is 0.187. The van der Waals surface area contributed by atoms with E-state index in [9.17, 15) is 4.79 Å². The van der Waals surface area contributed by atoms with Crippen LogP contribution in [0.15, 0.2) is 48.5 Å². The Labute approximate surface area is 192 Å². The topological polar surface area (TPSA) is 50.8 Å². The van der Waals surface area contributed by atoms with Crippen molar-refractivity contribution < 1.29 is 14.3 Å². The number of ether oxygens (including phenoxy) is 2. The normalized spacial score (nSPS) is 18.8. The summed E-state index contributed by atoms with van der Waals surface area (Å²) in [5.41, 5.74) is 3.01. The maximum absolute atomic E-state index is 13.3. The molecule has 4 rings (SSSR count). The zero-order chi connectivity index (χ0) is 22.2. The maximum atomic E-state index is 13.3. The summed E-state index contributed by atoms with van der Waals surface area (Å²) >= 11 is 0. The molecule has 1 amide bonds. The summed E-state index contributed by atoms with van der Waals surface area (Å²) in [5, 5.41) is 3.26. The molecular weight excluding hydrogens is 400 g/mol. The molecule has 0 atom stereocenters. The minimum Gasteiger partial charge on any atom is -0.496 e. The van der Waals surface area contributed by atoms with Gasteiger partial charge in [0.15, 0.2) is 0 Å². The Hall–Kier alpha value is -2.37. The molecule has 32 heavy (non-hydrogen) atoms. The Morgan fingerprint density at radius 3 is 2.47 bits per heavy atom. The van der Waals surface area contributed by atoms with Gasteiger partial charge in [-0.1, -0.05) is 48.9 Å². The van der Waals surface area contributed by atoms with Crippen LogP contribution in [0.3, 0.4) is 0 Å². The van der Waals surface area contributed by atoms with Crippen LogP contribution in [0.25, 0.3) is 11.1 Å². The van der Waals surface area contributed by atoms with Crippen molar-refractivity contribution in [2.24, 2.45) is 5.41 Å². The molecule has 2 aliphatic rings. The first-order valence-electron chi connectivity index (χ1n) is 12.0. The van der Waals surface area contributed by atoms with Crippen LogP contribution in [-0.2, 0) is 16.0 Å². The molecule has 0 spiro atoms. The molecule has 0 unspecified atom stereocenters. The lowest BCUT2D eigenvalue weighted by Gasteiger charge is -2.36. The average Bonchev–Trinajstić information content (AvgIpc) is 2.85. The molecule has 0 saturated carbocycles. The lowest BCUT2D eigenvalue weighted by atomic mass is 9.74. The van der Waals surface area contributed by atoms with E-state index in [1.165, 1.54) is 24.8 Å². The van der Waals surface area contributed by atoms with Crippen LogP contribution in [0, 0.1) is 5.41 Å². The van der Waals surface area contributed by atoms with E-state index in [0.29, 0.717) is 13.2 Å². The van der Waals surface area contributed by atoms with E-state index in [0.717, 1.165) is 62.3 Å². The Morgan fingerprint density at radius 2 is 1.75 bits per heavy atom. The second-order valence-electron chi connectivity index (χ2n) is 9.12. The van der Waals surface area contributed by atoms with Crippen molar-refractivity contribution in [1.82, 2.24) is 10.2 Å². The second kappa shape index (κ2) is 11.0. The quantitative estimate of drug-likeness (QED) is 0.670. The van der Waals surface area contributed by atoms with Crippen LogP contribution in [0.1, 0.15) is 37.7 Å². The van der Waals surface area contributed by atoms with Gasteiger partial charge in [0.25, 0.3) is 0 Å². The summed E-state index contributed by atoms with van der Waals surface area (Å²) < 4.78 is 11.1. The van der Waals surface area contributed by atoms with Crippen molar-refractivity contribution >= 4 is 5.91 Å². The van der Waals surface area contributed by atoms with Crippen molar-refractivity contribution in [1.29, 1.82) is 0 Å². The molecular formula is C27H36N2O3. The van der Waals surface area contributed by atoms with E-state index in [4.69, 9.17) is 9.47 Å². The number of likely N-dealkylation sites (tertiary alicyclic amines) is 1. The number of nitrogens with zero attached hydrogens (tertiary/aromatic N) is 1. The molecule has 0 aliphatic carbocycles. The number of amides is 1. The van der Waals surface area contributed by atoms with Gasteiger partial charge in [0.1, 0.15) is 5.75 Å². The van der Waals surface area contributed by atoms with Crippen molar-refractivity contribution in [3.63, 3.8) is 0 Å². The molecule has 2 fully saturated rings. The molecule has 2 aliphatic heterocycles. The zero-order valence-corrected chi connectivity index (χ0v) is 19.3. The van der Waals surface area contributed by atoms with E-state index in [1.54, 1.807) is 7.11 Å². The largest absolute Gasteiger partial charge is 0.496 e. The number of piperidine rings is 1. The summed E-state index contributed by atoms with van der Waals surface area (Å²) in [4.78, 5) is 15.8. The number of nitrogens with one attached hydrogen (secondary N) is 1. The van der Waals surface area contributed by atoms with Gasteiger partial charge >= 0.3 is 0 Å². The van der Waals surface area contributed by atoms with E-state index in [1.807, 2.05) is 18.2 Å². The van der Waals surface area contributed by atoms with Crippen LogP contribution >= 0.6 is 0 Å². The van der Waals surface area contributed by atoms with Crippen molar-refractivity contribution in [3.8, 4) is 16.9 Å². The summed E-state index contributed by atoms with van der Waals surface area (Å²) in [5.74, 6) is 1.06. The molecule has 0 radical (unpaired) electrons. The van der Waals surface area contributed by atoms with Gasteiger partial charge in [-0.05, 0) is 62.4 Å². The number of hydrogen-bond acceptors (Lipinski definition) is 4. The van der Waals surface area contributed by atoms with Gasteiger partial charge in [0.05, 0.1) is 12.5 Å². The molecule has 5 heteroatoms. The lowest BCUT2D eigenvalue weighted by molar-refractivity contribution is -0.136. The molecule has 5 nitrogen and oxygen atoms in total. The van der Waals surface area contributed by atoms with E-state index in [-0.39, 0.29) is 11.3 Å². The van der Waals surface area contributed by atoms with Crippen molar-refractivity contribution in [2.75, 3.05) is 46.5 Å². The van der Waals surface area contributed by atoms with Gasteiger partial charge in [-0.25, -0.2) is 0 Å². The number of carbonyl (C=O) groups excluding carboxylic acids is 1. The fourth-order valence-electron chi connectivity index (χ4n) is 5.02. The first-order chi connectivity index (χ1) is 15.7. The summed E-state index contributed by atoms with van der Waals surface area (Å²) in [7, 11) is 1.70. The third-order valence-electron chi connectivity index (χ3n) is 7.01. The number of methoxy groups -OCH3 is 1. The Balaban J connectivity index is 1.42. The molecule has 0 bridgehead atoms. The van der Waals surface area contributed by atoms with Gasteiger partial charge in [0.2, 0.25) is 5.91 Å². The van der Waals surface area contributed by atoms with Crippen LogP contribution in [0.4, 0.5) is 0 Å². The third-order valence-corrected chi connectivity index (χ3v) is 7.01. The summed E-state index contributed by atoms with van der Waals surface area (Å²) in [6.07, 6.45) is 6.19. The van der Waals surface area contributed by atoms with E-state index >= 15 is 0 Å². The smallest absolute Gasteiger partial charge is 0.226 e. The molecule has 172 valence electrons. The highest BCUT2D eigenvalue weighted by molar-refractivity contribution is 5.83. The predicted octanol–water partition coefficient (Wildman–Crippen LogP) is 4.30. The molecule has 1 N–H and O–H groups in total. The van der Waals surface area contributed by atoms with Gasteiger partial charge in [-0.15, -0.1) is 0 Å². The first-order valence-corrected chi connectivity index (χ1v) is 12.0. The lowest BCUT2D eigenvalue weighted by Crippen LogP contribution is -2.48. The minimum atomic E-state index is -0.383. The van der Waals surface area contributed by atoms with Gasteiger partial charge < -0.3 is 19.7 Å². The summed E-state index contributed by atoms with van der Waals surface area (Å²) in [6.45, 7) is 5.30. The van der Waals surface area contributed by atoms with E-state index in [2.05, 4.69) is 40.5 Å². The highest BCUT2D eigenvalue weighted by Gasteiger charge is 2.40. The Bertz CT molecular complexity index is 869.